The number of carbonyl (C=O) groups excluding carboxylic acids is 2. The van der Waals surface area contributed by atoms with E-state index in [-0.39, 0.29) is 18.6 Å². The highest BCUT2D eigenvalue weighted by Crippen LogP contribution is 1.98. The van der Waals surface area contributed by atoms with Gasteiger partial charge in [-0.1, -0.05) is 6.08 Å². The average Bonchev–Trinajstić information content (AvgIpc) is 2.24. The van der Waals surface area contributed by atoms with Crippen LogP contribution in [0.3, 0.4) is 0 Å². The predicted octanol–water partition coefficient (Wildman–Crippen LogP) is 1.96. The summed E-state index contributed by atoms with van der Waals surface area (Å²) in [5, 5.41) is 8.19. The van der Waals surface area contributed by atoms with Crippen LogP contribution >= 0.6 is 0 Å². The van der Waals surface area contributed by atoms with Crippen LogP contribution in [0.4, 0.5) is 0 Å². The number of Topliss-reactive ketones (excluding diaryl/α,β-unsaturated/α-hetero) is 1. The van der Waals surface area contributed by atoms with Crippen molar-refractivity contribution >= 4 is 17.7 Å². The van der Waals surface area contributed by atoms with Crippen LogP contribution in [0, 0.1) is 0 Å². The summed E-state index contributed by atoms with van der Waals surface area (Å²) in [6, 6.07) is 0. The summed E-state index contributed by atoms with van der Waals surface area (Å²) in [5.74, 6) is -1.35. The summed E-state index contributed by atoms with van der Waals surface area (Å²) in [6.07, 6.45) is 4.61. The highest BCUT2D eigenvalue weighted by Gasteiger charge is 2.01. The largest absolute Gasteiger partial charge is 0.481 e. The van der Waals surface area contributed by atoms with Crippen LogP contribution in [-0.2, 0) is 19.1 Å². The number of esters is 1. The quantitative estimate of drug-likeness (QED) is 0.320. The maximum Gasteiger partial charge on any atom is 0.313 e. The SMILES string of the molecule is C=CCCCCC(=O)O.COC(=O)CC(C)=O. The van der Waals surface area contributed by atoms with Gasteiger partial charge in [0, 0.05) is 6.42 Å². The van der Waals surface area contributed by atoms with Gasteiger partial charge in [-0.05, 0) is 26.2 Å². The molecule has 0 saturated heterocycles. The Morgan fingerprint density at radius 1 is 1.29 bits per heavy atom. The Morgan fingerprint density at radius 2 is 1.88 bits per heavy atom. The number of allylic oxidation sites excluding steroid dienone is 1. The van der Waals surface area contributed by atoms with Gasteiger partial charge < -0.3 is 9.84 Å². The number of methoxy groups -OCH3 is 1. The van der Waals surface area contributed by atoms with Crippen molar-refractivity contribution < 1.29 is 24.2 Å². The molecule has 0 aliphatic heterocycles. The number of ketones is 1. The fourth-order valence-electron chi connectivity index (χ4n) is 0.840. The number of aliphatic carboxylic acids is 1. The first-order chi connectivity index (χ1) is 7.93. The van der Waals surface area contributed by atoms with Gasteiger partial charge in [-0.2, -0.15) is 0 Å². The first-order valence-corrected chi connectivity index (χ1v) is 5.33. The Bertz CT molecular complexity index is 258. The summed E-state index contributed by atoms with van der Waals surface area (Å²) in [6.45, 7) is 4.87. The van der Waals surface area contributed by atoms with E-state index < -0.39 is 11.9 Å². The molecule has 5 heteroatoms. The second kappa shape index (κ2) is 12.4. The lowest BCUT2D eigenvalue weighted by Gasteiger charge is -1.90. The molecule has 0 aromatic carbocycles. The van der Waals surface area contributed by atoms with Crippen molar-refractivity contribution in [1.82, 2.24) is 0 Å². The summed E-state index contributed by atoms with van der Waals surface area (Å²) < 4.78 is 4.20. The number of carboxylic acids is 1. The second-order valence-corrected chi connectivity index (χ2v) is 3.38. The average molecular weight is 244 g/mol. The molecule has 0 radical (unpaired) electrons. The van der Waals surface area contributed by atoms with Gasteiger partial charge in [-0.3, -0.25) is 14.4 Å². The Kier molecular flexibility index (Phi) is 13.0. The Morgan fingerprint density at radius 3 is 2.18 bits per heavy atom. The Labute approximate surface area is 101 Å². The van der Waals surface area contributed by atoms with Crippen LogP contribution in [-0.4, -0.2) is 29.9 Å². The van der Waals surface area contributed by atoms with Crippen molar-refractivity contribution in [2.45, 2.75) is 39.0 Å². The van der Waals surface area contributed by atoms with Crippen LogP contribution in [0.25, 0.3) is 0 Å². The van der Waals surface area contributed by atoms with Gasteiger partial charge in [0.15, 0.2) is 0 Å². The number of carboxylic acid groups (broad SMARTS) is 1. The van der Waals surface area contributed by atoms with Crippen LogP contribution < -0.4 is 0 Å². The van der Waals surface area contributed by atoms with Gasteiger partial charge in [-0.15, -0.1) is 6.58 Å². The zero-order valence-electron chi connectivity index (χ0n) is 10.4. The number of carbonyl (C=O) groups is 3. The molecule has 0 rings (SSSR count). The summed E-state index contributed by atoms with van der Waals surface area (Å²) in [5.41, 5.74) is 0. The molecule has 0 bridgehead atoms. The zero-order chi connectivity index (χ0) is 13.7. The second-order valence-electron chi connectivity index (χ2n) is 3.38. The number of ether oxygens (including phenoxy) is 1. The molecule has 0 aromatic heterocycles. The molecule has 0 heterocycles. The lowest BCUT2D eigenvalue weighted by molar-refractivity contribution is -0.143. The normalized spacial score (nSPS) is 8.59. The third-order valence-electron chi connectivity index (χ3n) is 1.67. The van der Waals surface area contributed by atoms with Crippen molar-refractivity contribution in [2.24, 2.45) is 0 Å². The first-order valence-electron chi connectivity index (χ1n) is 5.33. The van der Waals surface area contributed by atoms with Gasteiger partial charge in [0.05, 0.1) is 7.11 Å². The fourth-order valence-corrected chi connectivity index (χ4v) is 0.840. The molecular weight excluding hydrogens is 224 g/mol. The van der Waals surface area contributed by atoms with E-state index in [2.05, 4.69) is 11.3 Å². The molecule has 98 valence electrons. The third-order valence-corrected chi connectivity index (χ3v) is 1.67. The highest BCUT2D eigenvalue weighted by atomic mass is 16.5. The minimum absolute atomic E-state index is 0.115. The van der Waals surface area contributed by atoms with Gasteiger partial charge in [0.2, 0.25) is 0 Å². The zero-order valence-corrected chi connectivity index (χ0v) is 10.4. The molecule has 0 aromatic rings. The van der Waals surface area contributed by atoms with E-state index in [1.54, 1.807) is 0 Å². The van der Waals surface area contributed by atoms with Crippen molar-refractivity contribution in [3.8, 4) is 0 Å². The predicted molar refractivity (Wildman–Crippen MR) is 63.6 cm³/mol. The first kappa shape index (κ1) is 17.7. The molecule has 17 heavy (non-hydrogen) atoms. The fraction of sp³-hybridized carbons (Fsp3) is 0.583. The smallest absolute Gasteiger partial charge is 0.313 e. The Balaban J connectivity index is 0. The number of hydrogen-bond donors (Lipinski definition) is 1. The third kappa shape index (κ3) is 20.4. The molecule has 0 atom stereocenters. The lowest BCUT2D eigenvalue weighted by Crippen LogP contribution is -2.05. The molecule has 0 amide bonds. The van der Waals surface area contributed by atoms with E-state index in [1.165, 1.54) is 14.0 Å². The maximum atomic E-state index is 10.2. The topological polar surface area (TPSA) is 80.7 Å². The molecule has 0 aliphatic carbocycles. The van der Waals surface area contributed by atoms with Crippen LogP contribution in [0.15, 0.2) is 12.7 Å². The van der Waals surface area contributed by atoms with Gasteiger partial charge in [0.25, 0.3) is 0 Å². The van der Waals surface area contributed by atoms with Crippen molar-refractivity contribution in [3.05, 3.63) is 12.7 Å². The van der Waals surface area contributed by atoms with Crippen molar-refractivity contribution in [1.29, 1.82) is 0 Å². The molecule has 0 unspecified atom stereocenters. The van der Waals surface area contributed by atoms with Gasteiger partial charge in [0.1, 0.15) is 12.2 Å². The monoisotopic (exact) mass is 244 g/mol. The van der Waals surface area contributed by atoms with E-state index >= 15 is 0 Å². The summed E-state index contributed by atoms with van der Waals surface area (Å²) in [7, 11) is 1.26. The molecule has 0 aliphatic rings. The van der Waals surface area contributed by atoms with Crippen LogP contribution in [0.5, 0.6) is 0 Å². The van der Waals surface area contributed by atoms with Crippen LogP contribution in [0.1, 0.15) is 39.0 Å². The van der Waals surface area contributed by atoms with Gasteiger partial charge >= 0.3 is 11.9 Å². The molecule has 0 saturated carbocycles. The minimum atomic E-state index is -0.709. The minimum Gasteiger partial charge on any atom is -0.481 e. The van der Waals surface area contributed by atoms with E-state index in [0.717, 1.165) is 19.3 Å². The number of hydrogen-bond acceptors (Lipinski definition) is 4. The summed E-state index contributed by atoms with van der Waals surface area (Å²) >= 11 is 0. The van der Waals surface area contributed by atoms with Crippen LogP contribution in [0.2, 0.25) is 0 Å². The van der Waals surface area contributed by atoms with E-state index in [0.29, 0.717) is 0 Å². The van der Waals surface area contributed by atoms with Crippen molar-refractivity contribution in [3.63, 3.8) is 0 Å². The highest BCUT2D eigenvalue weighted by molar-refractivity contribution is 5.93. The van der Waals surface area contributed by atoms with Gasteiger partial charge in [-0.25, -0.2) is 0 Å². The molecule has 0 spiro atoms. The molecule has 1 N–H and O–H groups in total. The summed E-state index contributed by atoms with van der Waals surface area (Å²) in [4.78, 5) is 30.2. The van der Waals surface area contributed by atoms with E-state index in [1.807, 2.05) is 6.08 Å². The van der Waals surface area contributed by atoms with E-state index in [9.17, 15) is 14.4 Å². The van der Waals surface area contributed by atoms with Crippen molar-refractivity contribution in [2.75, 3.05) is 7.11 Å². The number of rotatable bonds is 7. The number of unbranched alkanes of at least 4 members (excludes halogenated alkanes) is 2. The lowest BCUT2D eigenvalue weighted by atomic mass is 10.2. The standard InChI is InChI=1S/C7H12O2.C5H8O3/c1-2-3-4-5-6-7(8)9;1-4(6)3-5(7)8-2/h2H,1,3-6H2,(H,8,9);3H2,1-2H3. The molecule has 5 nitrogen and oxygen atoms in total. The maximum absolute atomic E-state index is 10.2. The molecular formula is C12H20O5. The molecule has 0 fully saturated rings. The Hall–Kier alpha value is -1.65. The van der Waals surface area contributed by atoms with E-state index in [4.69, 9.17) is 5.11 Å².